The zero-order chi connectivity index (χ0) is 28.4. The summed E-state index contributed by atoms with van der Waals surface area (Å²) in [7, 11) is 0. The lowest BCUT2D eigenvalue weighted by Crippen LogP contribution is -2.05. The number of rotatable bonds is 14. The van der Waals surface area contributed by atoms with Gasteiger partial charge in [0.25, 0.3) is 0 Å². The maximum absolute atomic E-state index is 10.5. The standard InChI is InChI=1S/C35H39N3O3/c1-2-3-4-5-6-7-8-9-10-13-21-41-35-37-33(36-34(38-35)32-30(39)17-14-18-31(32)40)28-20-19-27-22-25-15-11-12-16-26(25)23-29(27)24-28/h11-12,14-20,22-24,39-40H,2-10,13,21H2,1H3. The number of aromatic hydroxyl groups is 2. The van der Waals surface area contributed by atoms with E-state index in [9.17, 15) is 10.2 Å². The van der Waals surface area contributed by atoms with E-state index in [4.69, 9.17) is 4.74 Å². The fourth-order valence-corrected chi connectivity index (χ4v) is 5.25. The molecule has 4 aromatic carbocycles. The van der Waals surface area contributed by atoms with Crippen LogP contribution in [-0.2, 0) is 0 Å². The number of fused-ring (bicyclic) bond motifs is 2. The lowest BCUT2D eigenvalue weighted by Gasteiger charge is -2.11. The van der Waals surface area contributed by atoms with Gasteiger partial charge < -0.3 is 14.9 Å². The van der Waals surface area contributed by atoms with Crippen LogP contribution in [0.25, 0.3) is 44.3 Å². The molecule has 0 aliphatic rings. The first-order chi connectivity index (χ1) is 20.1. The van der Waals surface area contributed by atoms with Crippen LogP contribution in [0.2, 0.25) is 0 Å². The number of unbranched alkanes of at least 4 members (excludes halogenated alkanes) is 9. The first-order valence-electron chi connectivity index (χ1n) is 15.0. The first kappa shape index (κ1) is 28.3. The third-order valence-corrected chi connectivity index (χ3v) is 7.55. The van der Waals surface area contributed by atoms with Crippen LogP contribution in [-0.4, -0.2) is 31.8 Å². The smallest absolute Gasteiger partial charge is 0.320 e. The Morgan fingerprint density at radius 1 is 0.561 bits per heavy atom. The van der Waals surface area contributed by atoms with Gasteiger partial charge in [0, 0.05) is 5.56 Å². The van der Waals surface area contributed by atoms with Gasteiger partial charge in [-0.3, -0.25) is 0 Å². The quantitative estimate of drug-likeness (QED) is 0.106. The molecule has 0 radical (unpaired) electrons. The minimum atomic E-state index is -0.104. The molecule has 0 aliphatic heterocycles. The van der Waals surface area contributed by atoms with Gasteiger partial charge in [0.15, 0.2) is 11.6 Å². The highest BCUT2D eigenvalue weighted by molar-refractivity contribution is 5.99. The lowest BCUT2D eigenvalue weighted by atomic mass is 10.0. The number of nitrogens with zero attached hydrogens (tertiary/aromatic N) is 3. The van der Waals surface area contributed by atoms with Crippen molar-refractivity contribution in [2.24, 2.45) is 0 Å². The predicted molar refractivity (Wildman–Crippen MR) is 166 cm³/mol. The molecule has 0 saturated heterocycles. The fraction of sp³-hybridized carbons (Fsp3) is 0.343. The molecule has 5 aromatic rings. The molecule has 6 nitrogen and oxygen atoms in total. The second-order valence-electron chi connectivity index (χ2n) is 10.7. The highest BCUT2D eigenvalue weighted by atomic mass is 16.5. The second-order valence-corrected chi connectivity index (χ2v) is 10.7. The van der Waals surface area contributed by atoms with Crippen molar-refractivity contribution >= 4 is 21.5 Å². The number of benzene rings is 4. The number of aromatic nitrogens is 3. The van der Waals surface area contributed by atoms with E-state index >= 15 is 0 Å². The molecule has 0 amide bonds. The van der Waals surface area contributed by atoms with Gasteiger partial charge in [-0.25, -0.2) is 4.98 Å². The summed E-state index contributed by atoms with van der Waals surface area (Å²) in [6.07, 6.45) is 12.4. The summed E-state index contributed by atoms with van der Waals surface area (Å²) in [5, 5.41) is 25.6. The Labute approximate surface area is 242 Å². The molecule has 5 rings (SSSR count). The number of phenolic OH excluding ortho intramolecular Hbond substituents is 2. The van der Waals surface area contributed by atoms with Gasteiger partial charge >= 0.3 is 6.01 Å². The monoisotopic (exact) mass is 549 g/mol. The van der Waals surface area contributed by atoms with Crippen molar-refractivity contribution in [1.29, 1.82) is 0 Å². The topological polar surface area (TPSA) is 88.4 Å². The van der Waals surface area contributed by atoms with E-state index < -0.39 is 0 Å². The van der Waals surface area contributed by atoms with Crippen molar-refractivity contribution in [2.75, 3.05) is 6.61 Å². The molecule has 0 spiro atoms. The van der Waals surface area contributed by atoms with Crippen LogP contribution in [0.4, 0.5) is 0 Å². The maximum Gasteiger partial charge on any atom is 0.320 e. The average molecular weight is 550 g/mol. The largest absolute Gasteiger partial charge is 0.507 e. The summed E-state index contributed by atoms with van der Waals surface area (Å²) in [5.74, 6) is 0.383. The van der Waals surface area contributed by atoms with Crippen LogP contribution >= 0.6 is 0 Å². The summed E-state index contributed by atoms with van der Waals surface area (Å²) >= 11 is 0. The normalized spacial score (nSPS) is 11.3. The summed E-state index contributed by atoms with van der Waals surface area (Å²) in [6.45, 7) is 2.75. The van der Waals surface area contributed by atoms with Crippen LogP contribution in [0.5, 0.6) is 17.5 Å². The van der Waals surface area contributed by atoms with Gasteiger partial charge in [-0.2, -0.15) is 9.97 Å². The van der Waals surface area contributed by atoms with Gasteiger partial charge in [-0.1, -0.05) is 107 Å². The van der Waals surface area contributed by atoms with Crippen LogP contribution in [0.1, 0.15) is 71.1 Å². The summed E-state index contributed by atoms with van der Waals surface area (Å²) in [5.41, 5.74) is 0.960. The van der Waals surface area contributed by atoms with Crippen molar-refractivity contribution in [3.8, 4) is 40.3 Å². The Balaban J connectivity index is 1.33. The van der Waals surface area contributed by atoms with Crippen molar-refractivity contribution in [3.05, 3.63) is 72.8 Å². The Kier molecular flexibility index (Phi) is 9.63. The van der Waals surface area contributed by atoms with Crippen molar-refractivity contribution in [2.45, 2.75) is 71.1 Å². The molecule has 1 aromatic heterocycles. The second kappa shape index (κ2) is 13.9. The lowest BCUT2D eigenvalue weighted by molar-refractivity contribution is 0.281. The van der Waals surface area contributed by atoms with E-state index in [0.29, 0.717) is 12.4 Å². The molecule has 2 N–H and O–H groups in total. The number of phenols is 2. The Morgan fingerprint density at radius 2 is 1.15 bits per heavy atom. The SMILES string of the molecule is CCCCCCCCCCCCOc1nc(-c2ccc3cc4ccccc4cc3c2)nc(-c2c(O)cccc2O)n1. The molecule has 0 unspecified atom stereocenters. The molecule has 41 heavy (non-hydrogen) atoms. The third-order valence-electron chi connectivity index (χ3n) is 7.55. The third kappa shape index (κ3) is 7.31. The Bertz CT molecular complexity index is 1580. The van der Waals surface area contributed by atoms with Crippen LogP contribution in [0, 0.1) is 0 Å². The van der Waals surface area contributed by atoms with Crippen molar-refractivity contribution < 1.29 is 14.9 Å². The number of hydrogen-bond donors (Lipinski definition) is 2. The van der Waals surface area contributed by atoms with Gasteiger partial charge in [0.05, 0.1) is 6.61 Å². The van der Waals surface area contributed by atoms with Gasteiger partial charge in [-0.05, 0) is 58.3 Å². The van der Waals surface area contributed by atoms with Gasteiger partial charge in [0.1, 0.15) is 17.1 Å². The fourth-order valence-electron chi connectivity index (χ4n) is 5.25. The summed E-state index contributed by atoms with van der Waals surface area (Å²) in [4.78, 5) is 13.8. The maximum atomic E-state index is 10.5. The molecule has 0 atom stereocenters. The molecule has 212 valence electrons. The highest BCUT2D eigenvalue weighted by Crippen LogP contribution is 2.36. The van der Waals surface area contributed by atoms with Crippen LogP contribution < -0.4 is 4.74 Å². The van der Waals surface area contributed by atoms with E-state index in [-0.39, 0.29) is 28.9 Å². The molecule has 0 saturated carbocycles. The average Bonchev–Trinajstić information content (AvgIpc) is 2.98. The van der Waals surface area contributed by atoms with E-state index in [1.165, 1.54) is 68.9 Å². The van der Waals surface area contributed by atoms with E-state index in [1.807, 2.05) is 18.2 Å². The van der Waals surface area contributed by atoms with E-state index in [1.54, 1.807) is 6.07 Å². The molecular weight excluding hydrogens is 510 g/mol. The van der Waals surface area contributed by atoms with Crippen LogP contribution in [0.15, 0.2) is 72.8 Å². The Hall–Kier alpha value is -4.19. The first-order valence-corrected chi connectivity index (χ1v) is 15.0. The van der Waals surface area contributed by atoms with Crippen molar-refractivity contribution in [1.82, 2.24) is 15.0 Å². The number of hydrogen-bond acceptors (Lipinski definition) is 6. The summed E-state index contributed by atoms with van der Waals surface area (Å²) in [6, 6.07) is 23.5. The molecule has 6 heteroatoms. The van der Waals surface area contributed by atoms with E-state index in [0.717, 1.165) is 34.6 Å². The zero-order valence-corrected chi connectivity index (χ0v) is 23.9. The van der Waals surface area contributed by atoms with Crippen LogP contribution in [0.3, 0.4) is 0 Å². The minimum absolute atomic E-state index is 0.104. The van der Waals surface area contributed by atoms with E-state index in [2.05, 4.69) is 58.3 Å². The molecule has 1 heterocycles. The van der Waals surface area contributed by atoms with Gasteiger partial charge in [-0.15, -0.1) is 0 Å². The molecule has 0 fully saturated rings. The molecule has 0 aliphatic carbocycles. The zero-order valence-electron chi connectivity index (χ0n) is 23.9. The highest BCUT2D eigenvalue weighted by Gasteiger charge is 2.18. The predicted octanol–water partition coefficient (Wildman–Crippen LogP) is 9.22. The molecular formula is C35H39N3O3. The van der Waals surface area contributed by atoms with Crippen molar-refractivity contribution in [3.63, 3.8) is 0 Å². The number of ether oxygens (including phenoxy) is 1. The molecule has 0 bridgehead atoms. The minimum Gasteiger partial charge on any atom is -0.507 e. The summed E-state index contributed by atoms with van der Waals surface area (Å²) < 4.78 is 6.00. The van der Waals surface area contributed by atoms with Gasteiger partial charge in [0.2, 0.25) is 0 Å². The Morgan fingerprint density at radius 3 is 1.83 bits per heavy atom.